The van der Waals surface area contributed by atoms with Crippen molar-refractivity contribution in [3.05, 3.63) is 0 Å². The van der Waals surface area contributed by atoms with Crippen LogP contribution in [0, 0.1) is 5.41 Å². The number of hydrogen-bond donors (Lipinski definition) is 2. The van der Waals surface area contributed by atoms with Crippen molar-refractivity contribution >= 4 is 17.8 Å². The Balaban J connectivity index is 2.56. The molecule has 2 N–H and O–H groups in total. The Hall–Kier alpha value is -1.59. The first-order chi connectivity index (χ1) is 8.91. The molecule has 1 aliphatic rings. The fourth-order valence-corrected chi connectivity index (χ4v) is 2.46. The van der Waals surface area contributed by atoms with Crippen LogP contribution >= 0.6 is 0 Å². The molecule has 1 atom stereocenters. The molecule has 1 saturated heterocycles. The second-order valence-corrected chi connectivity index (χ2v) is 5.09. The summed E-state index contributed by atoms with van der Waals surface area (Å²) in [4.78, 5) is 35.7. The quantitative estimate of drug-likeness (QED) is 0.766. The number of piperidine rings is 1. The highest BCUT2D eigenvalue weighted by Gasteiger charge is 2.41. The third-order valence-electron chi connectivity index (χ3n) is 3.77. The first kappa shape index (κ1) is 15.5. The molecule has 0 aromatic heterocycles. The molecular weight excluding hydrogens is 248 g/mol. The maximum Gasteiger partial charge on any atom is 0.311 e. The highest BCUT2D eigenvalue weighted by Crippen LogP contribution is 2.33. The van der Waals surface area contributed by atoms with Gasteiger partial charge in [0.15, 0.2) is 0 Å². The maximum atomic E-state index is 12.0. The van der Waals surface area contributed by atoms with Gasteiger partial charge in [0.25, 0.3) is 0 Å². The van der Waals surface area contributed by atoms with E-state index < -0.39 is 11.4 Å². The van der Waals surface area contributed by atoms with Gasteiger partial charge in [0.2, 0.25) is 11.8 Å². The molecule has 0 spiro atoms. The first-order valence-electron chi connectivity index (χ1n) is 6.67. The first-order valence-corrected chi connectivity index (χ1v) is 6.67. The van der Waals surface area contributed by atoms with Crippen LogP contribution in [0.25, 0.3) is 0 Å². The van der Waals surface area contributed by atoms with Crippen LogP contribution in [0.1, 0.15) is 39.5 Å². The summed E-state index contributed by atoms with van der Waals surface area (Å²) < 4.78 is 0. The predicted molar refractivity (Wildman–Crippen MR) is 69.5 cm³/mol. The van der Waals surface area contributed by atoms with Gasteiger partial charge in [-0.05, 0) is 19.3 Å². The lowest BCUT2D eigenvalue weighted by molar-refractivity contribution is -0.155. The third kappa shape index (κ3) is 3.94. The lowest BCUT2D eigenvalue weighted by Gasteiger charge is -2.39. The van der Waals surface area contributed by atoms with Crippen molar-refractivity contribution in [1.29, 1.82) is 0 Å². The van der Waals surface area contributed by atoms with Gasteiger partial charge in [0.1, 0.15) is 0 Å². The maximum absolute atomic E-state index is 12.0. The topological polar surface area (TPSA) is 86.7 Å². The van der Waals surface area contributed by atoms with Gasteiger partial charge >= 0.3 is 5.97 Å². The summed E-state index contributed by atoms with van der Waals surface area (Å²) in [5.41, 5.74) is -0.804. The molecule has 0 saturated carbocycles. The van der Waals surface area contributed by atoms with Crippen LogP contribution in [-0.4, -0.2) is 47.4 Å². The normalized spacial score (nSPS) is 22.9. The zero-order valence-corrected chi connectivity index (χ0v) is 11.6. The van der Waals surface area contributed by atoms with Crippen molar-refractivity contribution in [1.82, 2.24) is 10.2 Å². The molecule has 19 heavy (non-hydrogen) atoms. The van der Waals surface area contributed by atoms with Crippen LogP contribution in [0.15, 0.2) is 0 Å². The number of carboxylic acid groups (broad SMARTS) is 1. The summed E-state index contributed by atoms with van der Waals surface area (Å²) in [5.74, 6) is -1.08. The average Bonchev–Trinajstić information content (AvgIpc) is 2.38. The zero-order chi connectivity index (χ0) is 14.5. The number of hydrogen-bond acceptors (Lipinski definition) is 3. The minimum absolute atomic E-state index is 0.0903. The van der Waals surface area contributed by atoms with Gasteiger partial charge < -0.3 is 15.3 Å². The van der Waals surface area contributed by atoms with Crippen molar-refractivity contribution in [3.8, 4) is 0 Å². The predicted octanol–water partition coefficient (Wildman–Crippen LogP) is 0.616. The molecule has 0 bridgehead atoms. The fourth-order valence-electron chi connectivity index (χ4n) is 2.46. The molecule has 0 aliphatic carbocycles. The van der Waals surface area contributed by atoms with Crippen LogP contribution < -0.4 is 5.32 Å². The Morgan fingerprint density at radius 2 is 2.05 bits per heavy atom. The number of likely N-dealkylation sites (tertiary alicyclic amines) is 1. The van der Waals surface area contributed by atoms with Crippen molar-refractivity contribution in [2.45, 2.75) is 39.5 Å². The van der Waals surface area contributed by atoms with Gasteiger partial charge in [-0.25, -0.2) is 0 Å². The fraction of sp³-hybridized carbons (Fsp3) is 0.769. The zero-order valence-electron chi connectivity index (χ0n) is 11.6. The van der Waals surface area contributed by atoms with E-state index in [4.69, 9.17) is 0 Å². The van der Waals surface area contributed by atoms with E-state index in [2.05, 4.69) is 5.32 Å². The Labute approximate surface area is 113 Å². The van der Waals surface area contributed by atoms with Crippen molar-refractivity contribution < 1.29 is 19.5 Å². The molecule has 1 aliphatic heterocycles. The molecule has 0 radical (unpaired) electrons. The molecule has 6 heteroatoms. The summed E-state index contributed by atoms with van der Waals surface area (Å²) in [6.45, 7) is 4.43. The molecule has 1 fully saturated rings. The minimum atomic E-state index is -0.825. The number of nitrogens with zero attached hydrogens (tertiary/aromatic N) is 1. The molecule has 2 amide bonds. The standard InChI is InChI=1S/C13H22N2O4/c1-3-13(12(18)19)6-4-8-15(9-13)11(17)5-7-14-10(2)16/h3-9H2,1-2H3,(H,14,16)(H,18,19). The number of aliphatic carboxylic acids is 1. The number of nitrogens with one attached hydrogen (secondary N) is 1. The van der Waals surface area contributed by atoms with E-state index in [0.717, 1.165) is 0 Å². The largest absolute Gasteiger partial charge is 0.481 e. The second kappa shape index (κ2) is 6.54. The molecule has 1 unspecified atom stereocenters. The van der Waals surface area contributed by atoms with E-state index in [0.29, 0.717) is 32.4 Å². The number of carbonyl (C=O) groups is 3. The lowest BCUT2D eigenvalue weighted by atomic mass is 9.77. The Morgan fingerprint density at radius 3 is 2.58 bits per heavy atom. The van der Waals surface area contributed by atoms with Crippen molar-refractivity contribution in [3.63, 3.8) is 0 Å². The highest BCUT2D eigenvalue weighted by atomic mass is 16.4. The summed E-state index contributed by atoms with van der Waals surface area (Å²) >= 11 is 0. The molecule has 0 aromatic rings. The SMILES string of the molecule is CCC1(C(=O)O)CCCN(C(=O)CCNC(C)=O)C1. The number of carbonyl (C=O) groups excluding carboxylic acids is 2. The number of carboxylic acids is 1. The average molecular weight is 270 g/mol. The van der Waals surface area contributed by atoms with Crippen LogP contribution in [0.3, 0.4) is 0 Å². The van der Waals surface area contributed by atoms with Crippen LogP contribution in [0.4, 0.5) is 0 Å². The van der Waals surface area contributed by atoms with E-state index in [9.17, 15) is 19.5 Å². The van der Waals surface area contributed by atoms with Gasteiger partial charge in [-0.3, -0.25) is 14.4 Å². The monoisotopic (exact) mass is 270 g/mol. The van der Waals surface area contributed by atoms with Crippen LogP contribution in [-0.2, 0) is 14.4 Å². The van der Waals surface area contributed by atoms with Crippen molar-refractivity contribution in [2.24, 2.45) is 5.41 Å². The summed E-state index contributed by atoms with van der Waals surface area (Å²) in [5, 5.41) is 11.9. The molecule has 108 valence electrons. The van der Waals surface area contributed by atoms with Gasteiger partial charge in [-0.15, -0.1) is 0 Å². The summed E-state index contributed by atoms with van der Waals surface area (Å²) in [6.07, 6.45) is 2.08. The van der Waals surface area contributed by atoms with Crippen LogP contribution in [0.2, 0.25) is 0 Å². The van der Waals surface area contributed by atoms with E-state index in [-0.39, 0.29) is 24.8 Å². The highest BCUT2D eigenvalue weighted by molar-refractivity contribution is 5.80. The molecular formula is C13H22N2O4. The minimum Gasteiger partial charge on any atom is -0.481 e. The molecule has 6 nitrogen and oxygen atoms in total. The number of amides is 2. The third-order valence-corrected chi connectivity index (χ3v) is 3.77. The van der Waals surface area contributed by atoms with E-state index in [1.54, 1.807) is 4.90 Å². The Morgan fingerprint density at radius 1 is 1.37 bits per heavy atom. The van der Waals surface area contributed by atoms with E-state index in [1.165, 1.54) is 6.92 Å². The van der Waals surface area contributed by atoms with Gasteiger partial charge in [-0.2, -0.15) is 0 Å². The lowest BCUT2D eigenvalue weighted by Crippen LogP contribution is -2.50. The van der Waals surface area contributed by atoms with E-state index in [1.807, 2.05) is 6.92 Å². The molecule has 1 heterocycles. The summed E-state index contributed by atoms with van der Waals surface area (Å²) in [7, 11) is 0. The van der Waals surface area contributed by atoms with Gasteiger partial charge in [0, 0.05) is 33.0 Å². The van der Waals surface area contributed by atoms with Gasteiger partial charge in [0.05, 0.1) is 5.41 Å². The second-order valence-electron chi connectivity index (χ2n) is 5.09. The van der Waals surface area contributed by atoms with E-state index >= 15 is 0 Å². The Kier molecular flexibility index (Phi) is 5.32. The van der Waals surface area contributed by atoms with Gasteiger partial charge in [-0.1, -0.05) is 6.92 Å². The smallest absolute Gasteiger partial charge is 0.311 e. The summed E-state index contributed by atoms with van der Waals surface area (Å²) in [6, 6.07) is 0. The Bertz CT molecular complexity index is 370. The van der Waals surface area contributed by atoms with Crippen molar-refractivity contribution in [2.75, 3.05) is 19.6 Å². The van der Waals surface area contributed by atoms with Crippen LogP contribution in [0.5, 0.6) is 0 Å². The molecule has 0 aromatic carbocycles. The number of rotatable bonds is 5. The molecule has 1 rings (SSSR count).